The number of ether oxygens (including phenoxy) is 1. The Hall–Kier alpha value is -2.30. The van der Waals surface area contributed by atoms with Gasteiger partial charge >= 0.3 is 0 Å². The first-order valence-electron chi connectivity index (χ1n) is 8.59. The molecule has 0 fully saturated rings. The Morgan fingerprint density at radius 1 is 1.08 bits per heavy atom. The van der Waals surface area contributed by atoms with E-state index in [2.05, 4.69) is 61.6 Å². The topological polar surface area (TPSA) is 37.6 Å². The molecule has 25 heavy (non-hydrogen) atoms. The summed E-state index contributed by atoms with van der Waals surface area (Å²) in [7, 11) is 5.84. The van der Waals surface area contributed by atoms with Gasteiger partial charge in [-0.1, -0.05) is 18.2 Å². The molecule has 0 aliphatic rings. The fraction of sp³-hybridized carbons (Fsp3) is 0.333. The summed E-state index contributed by atoms with van der Waals surface area (Å²) >= 11 is 0. The summed E-state index contributed by atoms with van der Waals surface area (Å²) in [6.45, 7) is 3.02. The van der Waals surface area contributed by atoms with Crippen LogP contribution in [0.1, 0.15) is 30.3 Å². The third kappa shape index (κ3) is 4.03. The number of likely N-dealkylation sites (N-methyl/N-ethyl adjacent to an activating group) is 1. The van der Waals surface area contributed by atoms with Crippen LogP contribution in [0.3, 0.4) is 0 Å². The van der Waals surface area contributed by atoms with Crippen molar-refractivity contribution in [3.05, 3.63) is 66.1 Å². The smallest absolute Gasteiger partial charge is 0.122 e. The Morgan fingerprint density at radius 3 is 2.52 bits per heavy atom. The van der Waals surface area contributed by atoms with Gasteiger partial charge in [0.15, 0.2) is 0 Å². The minimum Gasteiger partial charge on any atom is -0.497 e. The van der Waals surface area contributed by atoms with Crippen LogP contribution in [0.5, 0.6) is 5.75 Å². The van der Waals surface area contributed by atoms with Gasteiger partial charge in [-0.2, -0.15) is 0 Å². The van der Waals surface area contributed by atoms with Gasteiger partial charge in [0.1, 0.15) is 11.5 Å². The fourth-order valence-electron chi connectivity index (χ4n) is 3.06. The molecule has 0 saturated heterocycles. The third-order valence-corrected chi connectivity index (χ3v) is 4.68. The summed E-state index contributed by atoms with van der Waals surface area (Å²) < 4.78 is 10.9. The second-order valence-electron chi connectivity index (χ2n) is 6.60. The molecular formula is C21H26N2O2. The van der Waals surface area contributed by atoms with Gasteiger partial charge in [0, 0.05) is 12.6 Å². The molecular weight excluding hydrogens is 312 g/mol. The van der Waals surface area contributed by atoms with Crippen LogP contribution >= 0.6 is 0 Å². The molecule has 0 bridgehead atoms. The number of rotatable bonds is 7. The highest BCUT2D eigenvalue weighted by Gasteiger charge is 2.18. The van der Waals surface area contributed by atoms with Crippen molar-refractivity contribution in [1.29, 1.82) is 0 Å². The molecule has 3 rings (SSSR count). The summed E-state index contributed by atoms with van der Waals surface area (Å²) in [5.41, 5.74) is 1.27. The number of nitrogens with zero attached hydrogens (tertiary/aromatic N) is 1. The Morgan fingerprint density at radius 2 is 1.84 bits per heavy atom. The predicted octanol–water partition coefficient (Wildman–Crippen LogP) is 4.39. The van der Waals surface area contributed by atoms with Gasteiger partial charge in [-0.3, -0.25) is 4.90 Å². The first-order chi connectivity index (χ1) is 12.1. The van der Waals surface area contributed by atoms with Crippen molar-refractivity contribution in [3.63, 3.8) is 0 Å². The van der Waals surface area contributed by atoms with Crippen LogP contribution in [0, 0.1) is 0 Å². The molecule has 1 N–H and O–H groups in total. The maximum Gasteiger partial charge on any atom is 0.122 e. The lowest BCUT2D eigenvalue weighted by atomic mass is 10.0. The Balaban J connectivity index is 1.72. The van der Waals surface area contributed by atoms with Gasteiger partial charge in [-0.05, 0) is 67.7 Å². The van der Waals surface area contributed by atoms with Crippen LogP contribution in [-0.4, -0.2) is 32.6 Å². The lowest BCUT2D eigenvalue weighted by molar-refractivity contribution is 0.245. The van der Waals surface area contributed by atoms with Crippen molar-refractivity contribution >= 4 is 10.8 Å². The van der Waals surface area contributed by atoms with E-state index in [4.69, 9.17) is 9.15 Å². The van der Waals surface area contributed by atoms with Gasteiger partial charge < -0.3 is 14.5 Å². The van der Waals surface area contributed by atoms with Gasteiger partial charge in [0.05, 0.1) is 19.4 Å². The average Bonchev–Trinajstić information content (AvgIpc) is 3.14. The van der Waals surface area contributed by atoms with E-state index >= 15 is 0 Å². The summed E-state index contributed by atoms with van der Waals surface area (Å²) in [4.78, 5) is 2.17. The maximum absolute atomic E-state index is 5.58. The van der Waals surface area contributed by atoms with Crippen LogP contribution in [-0.2, 0) is 0 Å². The zero-order valence-electron chi connectivity index (χ0n) is 15.3. The van der Waals surface area contributed by atoms with Gasteiger partial charge in [-0.15, -0.1) is 0 Å². The van der Waals surface area contributed by atoms with E-state index in [-0.39, 0.29) is 12.1 Å². The second-order valence-corrected chi connectivity index (χ2v) is 6.60. The number of methoxy groups -OCH3 is 1. The Labute approximate surface area is 149 Å². The minimum atomic E-state index is 0.210. The molecule has 4 nitrogen and oxygen atoms in total. The molecule has 3 aromatic rings. The fourth-order valence-corrected chi connectivity index (χ4v) is 3.06. The Kier molecular flexibility index (Phi) is 5.41. The molecule has 2 atom stereocenters. The molecule has 1 aromatic heterocycles. The summed E-state index contributed by atoms with van der Waals surface area (Å²) in [6, 6.07) is 17.2. The number of nitrogens with one attached hydrogen (secondary N) is 1. The van der Waals surface area contributed by atoms with E-state index in [1.54, 1.807) is 13.4 Å². The SMILES string of the molecule is COc1ccc2cc(C(C)NCC(c3ccco3)N(C)C)ccc2c1. The monoisotopic (exact) mass is 338 g/mol. The lowest BCUT2D eigenvalue weighted by Crippen LogP contribution is -2.32. The highest BCUT2D eigenvalue weighted by Crippen LogP contribution is 2.25. The van der Waals surface area contributed by atoms with Crippen molar-refractivity contribution in [2.45, 2.75) is 19.0 Å². The maximum atomic E-state index is 5.58. The number of furan rings is 1. The van der Waals surface area contributed by atoms with Crippen molar-refractivity contribution in [1.82, 2.24) is 10.2 Å². The van der Waals surface area contributed by atoms with E-state index in [1.807, 2.05) is 18.2 Å². The number of hydrogen-bond acceptors (Lipinski definition) is 4. The van der Waals surface area contributed by atoms with Crippen LogP contribution in [0.2, 0.25) is 0 Å². The largest absolute Gasteiger partial charge is 0.497 e. The van der Waals surface area contributed by atoms with Crippen molar-refractivity contribution < 1.29 is 9.15 Å². The summed E-state index contributed by atoms with van der Waals surface area (Å²) in [5.74, 6) is 1.87. The number of fused-ring (bicyclic) bond motifs is 1. The van der Waals surface area contributed by atoms with E-state index in [9.17, 15) is 0 Å². The average molecular weight is 338 g/mol. The summed E-state index contributed by atoms with van der Waals surface area (Å²) in [5, 5.41) is 6.05. The first-order valence-corrected chi connectivity index (χ1v) is 8.59. The number of benzene rings is 2. The normalized spacial score (nSPS) is 14.0. The Bertz CT molecular complexity index is 812. The first kappa shape index (κ1) is 17.5. The summed E-state index contributed by atoms with van der Waals surface area (Å²) in [6.07, 6.45) is 1.73. The molecule has 132 valence electrons. The standard InChI is InChI=1S/C21H26N2O2/c1-15(22-14-20(23(2)3)21-6-5-11-25-21)16-7-8-18-13-19(24-4)10-9-17(18)12-16/h5-13,15,20,22H,14H2,1-4H3. The van der Waals surface area contributed by atoms with Crippen LogP contribution < -0.4 is 10.1 Å². The van der Waals surface area contributed by atoms with E-state index in [0.717, 1.165) is 18.1 Å². The molecule has 1 heterocycles. The quantitative estimate of drug-likeness (QED) is 0.693. The van der Waals surface area contributed by atoms with E-state index in [0.29, 0.717) is 0 Å². The zero-order valence-corrected chi connectivity index (χ0v) is 15.3. The van der Waals surface area contributed by atoms with Gasteiger partial charge in [-0.25, -0.2) is 0 Å². The van der Waals surface area contributed by atoms with Crippen LogP contribution in [0.15, 0.2) is 59.2 Å². The third-order valence-electron chi connectivity index (χ3n) is 4.68. The van der Waals surface area contributed by atoms with Crippen molar-refractivity contribution in [3.8, 4) is 5.75 Å². The zero-order chi connectivity index (χ0) is 17.8. The number of hydrogen-bond donors (Lipinski definition) is 1. The molecule has 0 amide bonds. The van der Waals surface area contributed by atoms with E-state index < -0.39 is 0 Å². The second kappa shape index (κ2) is 7.72. The van der Waals surface area contributed by atoms with Crippen LogP contribution in [0.4, 0.5) is 0 Å². The molecule has 4 heteroatoms. The van der Waals surface area contributed by atoms with E-state index in [1.165, 1.54) is 16.3 Å². The molecule has 0 spiro atoms. The molecule has 2 unspecified atom stereocenters. The molecule has 0 radical (unpaired) electrons. The molecule has 0 aliphatic carbocycles. The van der Waals surface area contributed by atoms with Crippen molar-refractivity contribution in [2.24, 2.45) is 0 Å². The molecule has 2 aromatic carbocycles. The highest BCUT2D eigenvalue weighted by atomic mass is 16.5. The van der Waals surface area contributed by atoms with Gasteiger partial charge in [0.25, 0.3) is 0 Å². The highest BCUT2D eigenvalue weighted by molar-refractivity contribution is 5.84. The molecule has 0 saturated carbocycles. The minimum absolute atomic E-state index is 0.210. The predicted molar refractivity (Wildman–Crippen MR) is 102 cm³/mol. The molecule has 0 aliphatic heterocycles. The van der Waals surface area contributed by atoms with Gasteiger partial charge in [0.2, 0.25) is 0 Å². The lowest BCUT2D eigenvalue weighted by Gasteiger charge is -2.25. The van der Waals surface area contributed by atoms with Crippen LogP contribution in [0.25, 0.3) is 10.8 Å². The van der Waals surface area contributed by atoms with Crippen molar-refractivity contribution in [2.75, 3.05) is 27.7 Å².